The van der Waals surface area contributed by atoms with E-state index in [1.165, 1.54) is 6.08 Å². The Labute approximate surface area is 168 Å². The average Bonchev–Trinajstić information content (AvgIpc) is 3.06. The number of carbonyl (C=O) groups is 1. The molecule has 0 aromatic heterocycles. The molecule has 1 saturated carbocycles. The Morgan fingerprint density at radius 1 is 1.25 bits per heavy atom. The van der Waals surface area contributed by atoms with Gasteiger partial charge in [-0.1, -0.05) is 12.8 Å². The number of allylic oxidation sites excluding steroid dienone is 2. The molecule has 0 aromatic rings. The van der Waals surface area contributed by atoms with Crippen LogP contribution in [0.1, 0.15) is 38.5 Å². The van der Waals surface area contributed by atoms with Crippen LogP contribution in [0.3, 0.4) is 0 Å². The Bertz CT molecular complexity index is 742. The molecule has 0 aromatic carbocycles. The van der Waals surface area contributed by atoms with Crippen LogP contribution in [0, 0.1) is 5.92 Å². The highest BCUT2D eigenvalue weighted by molar-refractivity contribution is 8.00. The van der Waals surface area contributed by atoms with Gasteiger partial charge < -0.3 is 10.6 Å². The number of nitrogens with one attached hydrogen (secondary N) is 2. The number of carbonyl (C=O) groups excluding carboxylic acids is 1. The third-order valence-electron chi connectivity index (χ3n) is 5.59. The van der Waals surface area contributed by atoms with Gasteiger partial charge in [-0.05, 0) is 44.4 Å². The van der Waals surface area contributed by atoms with E-state index in [1.54, 1.807) is 17.8 Å². The molecule has 1 saturated heterocycles. The quantitative estimate of drug-likeness (QED) is 0.751. The molecular formula is C20H26F2N4OS. The number of fused-ring (bicyclic) bond motifs is 1. The lowest BCUT2D eigenvalue weighted by Crippen LogP contribution is -2.43. The number of aliphatic imine (C=N–C) groups is 2. The molecule has 8 heteroatoms. The third kappa shape index (κ3) is 4.71. The van der Waals surface area contributed by atoms with Crippen LogP contribution in [0.25, 0.3) is 0 Å². The molecule has 2 aliphatic carbocycles. The number of hydrogen-bond donors (Lipinski definition) is 2. The molecule has 152 valence electrons. The SMILES string of the molecule is O=C1NC(CS[C@H]2CCNC[C@@H](F)C2)=NC2=CC(=NC3CCCC3)C=C(F)C12. The lowest BCUT2D eigenvalue weighted by molar-refractivity contribution is -0.122. The molecule has 28 heavy (non-hydrogen) atoms. The van der Waals surface area contributed by atoms with Crippen molar-refractivity contribution in [3.05, 3.63) is 23.7 Å². The fraction of sp³-hybridized carbons (Fsp3) is 0.650. The number of alkyl halides is 1. The van der Waals surface area contributed by atoms with Crippen LogP contribution >= 0.6 is 11.8 Å². The molecule has 4 aliphatic rings. The molecule has 1 amide bonds. The first-order valence-corrected chi connectivity index (χ1v) is 11.1. The van der Waals surface area contributed by atoms with E-state index in [-0.39, 0.29) is 11.3 Å². The van der Waals surface area contributed by atoms with Crippen LogP contribution < -0.4 is 10.6 Å². The zero-order chi connectivity index (χ0) is 19.5. The summed E-state index contributed by atoms with van der Waals surface area (Å²) in [5.74, 6) is -0.879. The van der Waals surface area contributed by atoms with Gasteiger partial charge in [-0.2, -0.15) is 11.8 Å². The van der Waals surface area contributed by atoms with E-state index in [0.29, 0.717) is 36.0 Å². The summed E-state index contributed by atoms with van der Waals surface area (Å²) in [4.78, 5) is 21.6. The van der Waals surface area contributed by atoms with Gasteiger partial charge in [0.1, 0.15) is 23.8 Å². The molecular weight excluding hydrogens is 382 g/mol. The summed E-state index contributed by atoms with van der Waals surface area (Å²) >= 11 is 1.60. The molecule has 1 unspecified atom stereocenters. The highest BCUT2D eigenvalue weighted by Crippen LogP contribution is 2.32. The van der Waals surface area contributed by atoms with Gasteiger partial charge >= 0.3 is 0 Å². The largest absolute Gasteiger partial charge is 0.314 e. The molecule has 5 nitrogen and oxygen atoms in total. The summed E-state index contributed by atoms with van der Waals surface area (Å²) in [7, 11) is 0. The minimum atomic E-state index is -0.978. The normalized spacial score (nSPS) is 32.9. The van der Waals surface area contributed by atoms with Crippen molar-refractivity contribution in [3.8, 4) is 0 Å². The average molecular weight is 409 g/mol. The summed E-state index contributed by atoms with van der Waals surface area (Å²) < 4.78 is 28.3. The molecule has 2 fully saturated rings. The Balaban J connectivity index is 1.46. The van der Waals surface area contributed by atoms with E-state index in [4.69, 9.17) is 0 Å². The first kappa shape index (κ1) is 19.8. The third-order valence-corrected chi connectivity index (χ3v) is 6.93. The van der Waals surface area contributed by atoms with Gasteiger partial charge in [0.15, 0.2) is 0 Å². The summed E-state index contributed by atoms with van der Waals surface area (Å²) in [5.41, 5.74) is 0.984. The molecule has 0 bridgehead atoms. The molecule has 4 rings (SSSR count). The van der Waals surface area contributed by atoms with Crippen molar-refractivity contribution in [2.24, 2.45) is 15.9 Å². The van der Waals surface area contributed by atoms with E-state index in [2.05, 4.69) is 20.6 Å². The smallest absolute Gasteiger partial charge is 0.241 e. The molecule has 0 radical (unpaired) electrons. The zero-order valence-corrected chi connectivity index (χ0v) is 16.6. The van der Waals surface area contributed by atoms with Gasteiger partial charge in [0.25, 0.3) is 0 Å². The van der Waals surface area contributed by atoms with Gasteiger partial charge in [-0.25, -0.2) is 13.8 Å². The topological polar surface area (TPSA) is 65.8 Å². The lowest BCUT2D eigenvalue weighted by Gasteiger charge is -2.26. The zero-order valence-electron chi connectivity index (χ0n) is 15.8. The summed E-state index contributed by atoms with van der Waals surface area (Å²) in [6, 6.07) is 0.237. The Kier molecular flexibility index (Phi) is 6.25. The van der Waals surface area contributed by atoms with Crippen LogP contribution in [0.15, 0.2) is 33.7 Å². The number of halogens is 2. The van der Waals surface area contributed by atoms with Crippen molar-refractivity contribution in [2.75, 3.05) is 18.8 Å². The predicted octanol–water partition coefficient (Wildman–Crippen LogP) is 3.09. The van der Waals surface area contributed by atoms with Crippen molar-refractivity contribution >= 4 is 29.2 Å². The number of thioether (sulfide) groups is 1. The first-order valence-electron chi connectivity index (χ1n) is 10.1. The minimum absolute atomic E-state index is 0.179. The van der Waals surface area contributed by atoms with Crippen molar-refractivity contribution in [1.29, 1.82) is 0 Å². The van der Waals surface area contributed by atoms with Crippen LogP contribution in [-0.2, 0) is 4.79 Å². The predicted molar refractivity (Wildman–Crippen MR) is 109 cm³/mol. The van der Waals surface area contributed by atoms with E-state index in [1.807, 2.05) is 0 Å². The van der Waals surface area contributed by atoms with E-state index in [9.17, 15) is 13.6 Å². The fourth-order valence-corrected chi connectivity index (χ4v) is 5.30. The standard InChI is InChI=1S/C20H26F2N4OS/c21-12-7-15(5-6-23-10-12)28-11-18-25-17-9-14(24-13-3-1-2-4-13)8-16(22)19(17)20(27)26-18/h8-9,12-13,15,19,23H,1-7,10-11H2,(H,25,26,27)/t12-,15-,19?/m0/s1. The Hall–Kier alpha value is -1.54. The lowest BCUT2D eigenvalue weighted by atomic mass is 9.94. The molecule has 0 spiro atoms. The van der Waals surface area contributed by atoms with Crippen molar-refractivity contribution < 1.29 is 13.6 Å². The summed E-state index contributed by atoms with van der Waals surface area (Å²) in [6.45, 7) is 1.19. The number of amidine groups is 1. The first-order chi connectivity index (χ1) is 13.6. The highest BCUT2D eigenvalue weighted by atomic mass is 32.2. The van der Waals surface area contributed by atoms with Crippen LogP contribution in [0.4, 0.5) is 8.78 Å². The van der Waals surface area contributed by atoms with E-state index in [0.717, 1.165) is 38.6 Å². The fourth-order valence-electron chi connectivity index (χ4n) is 4.14. The van der Waals surface area contributed by atoms with E-state index < -0.39 is 23.8 Å². The summed E-state index contributed by atoms with van der Waals surface area (Å²) in [5, 5.41) is 5.99. The summed E-state index contributed by atoms with van der Waals surface area (Å²) in [6.07, 6.45) is 8.01. The number of amides is 1. The molecule has 2 heterocycles. The second kappa shape index (κ2) is 8.86. The van der Waals surface area contributed by atoms with E-state index >= 15 is 0 Å². The monoisotopic (exact) mass is 408 g/mol. The van der Waals surface area contributed by atoms with Gasteiger partial charge in [-0.3, -0.25) is 9.79 Å². The Morgan fingerprint density at radius 3 is 2.89 bits per heavy atom. The number of nitrogens with zero attached hydrogens (tertiary/aromatic N) is 2. The second-order valence-corrected chi connectivity index (χ2v) is 9.12. The number of hydrogen-bond acceptors (Lipinski definition) is 5. The van der Waals surface area contributed by atoms with Gasteiger partial charge in [-0.15, -0.1) is 0 Å². The van der Waals surface area contributed by atoms with Gasteiger partial charge in [0.05, 0.1) is 23.2 Å². The second-order valence-electron chi connectivity index (χ2n) is 7.83. The van der Waals surface area contributed by atoms with Gasteiger partial charge in [0, 0.05) is 11.8 Å². The minimum Gasteiger partial charge on any atom is -0.314 e. The number of rotatable bonds is 4. The maximum absolute atomic E-state index is 14.5. The van der Waals surface area contributed by atoms with Gasteiger partial charge in [0.2, 0.25) is 5.91 Å². The van der Waals surface area contributed by atoms with Crippen molar-refractivity contribution in [1.82, 2.24) is 10.6 Å². The highest BCUT2D eigenvalue weighted by Gasteiger charge is 2.35. The van der Waals surface area contributed by atoms with Crippen LogP contribution in [0.2, 0.25) is 0 Å². The van der Waals surface area contributed by atoms with Crippen LogP contribution in [-0.4, -0.2) is 53.8 Å². The molecule has 2 N–H and O–H groups in total. The maximum atomic E-state index is 14.5. The van der Waals surface area contributed by atoms with Crippen molar-refractivity contribution in [2.45, 2.75) is 56.0 Å². The molecule has 3 atom stereocenters. The van der Waals surface area contributed by atoms with Crippen LogP contribution in [0.5, 0.6) is 0 Å². The van der Waals surface area contributed by atoms with Crippen molar-refractivity contribution in [3.63, 3.8) is 0 Å². The Morgan fingerprint density at radius 2 is 2.07 bits per heavy atom. The molecule has 2 aliphatic heterocycles. The maximum Gasteiger partial charge on any atom is 0.241 e.